The van der Waals surface area contributed by atoms with Gasteiger partial charge in [-0.1, -0.05) is 6.92 Å². The number of rotatable bonds is 5. The average molecular weight is 436 g/mol. The number of ether oxygens (including phenoxy) is 1. The average Bonchev–Trinajstić information content (AvgIpc) is 3.33. The number of hydrogen-bond acceptors (Lipinski definition) is 6. The Morgan fingerprint density at radius 1 is 1.26 bits per heavy atom. The van der Waals surface area contributed by atoms with Crippen LogP contribution in [0.25, 0.3) is 21.2 Å². The van der Waals surface area contributed by atoms with Crippen molar-refractivity contribution in [2.24, 2.45) is 0 Å². The van der Waals surface area contributed by atoms with Crippen molar-refractivity contribution in [2.45, 2.75) is 19.8 Å². The Morgan fingerprint density at radius 2 is 2.10 bits per heavy atom. The topological polar surface area (TPSA) is 84.7 Å². The SMILES string of the molecule is CCc1oc2cc(Oc3ccnc4cc(C(=O)N5CCC5)sc34)ccc2c1C(=O)NC. The molecule has 158 valence electrons. The number of aromatic nitrogens is 1. The molecule has 1 aromatic carbocycles. The van der Waals surface area contributed by atoms with E-state index in [-0.39, 0.29) is 11.8 Å². The number of benzene rings is 1. The van der Waals surface area contributed by atoms with Crippen molar-refractivity contribution in [3.63, 3.8) is 0 Å². The van der Waals surface area contributed by atoms with E-state index in [0.29, 0.717) is 39.7 Å². The van der Waals surface area contributed by atoms with Crippen LogP contribution in [0.2, 0.25) is 0 Å². The first kappa shape index (κ1) is 19.6. The van der Waals surface area contributed by atoms with Gasteiger partial charge in [-0.15, -0.1) is 11.3 Å². The molecule has 4 aromatic rings. The first-order valence-electron chi connectivity index (χ1n) is 10.2. The van der Waals surface area contributed by atoms with Crippen LogP contribution in [-0.2, 0) is 6.42 Å². The fourth-order valence-electron chi connectivity index (χ4n) is 3.72. The Kier molecular flexibility index (Phi) is 4.86. The normalized spacial score (nSPS) is 13.4. The van der Waals surface area contributed by atoms with Crippen molar-refractivity contribution in [2.75, 3.05) is 20.1 Å². The lowest BCUT2D eigenvalue weighted by atomic mass is 10.1. The van der Waals surface area contributed by atoms with Gasteiger partial charge < -0.3 is 19.4 Å². The number of aryl methyl sites for hydroxylation is 1. The van der Waals surface area contributed by atoms with Crippen molar-refractivity contribution < 1.29 is 18.7 Å². The highest BCUT2D eigenvalue weighted by atomic mass is 32.1. The molecule has 2 amide bonds. The predicted octanol–water partition coefficient (Wildman–Crippen LogP) is 4.60. The van der Waals surface area contributed by atoms with Crippen LogP contribution in [0.5, 0.6) is 11.5 Å². The van der Waals surface area contributed by atoms with E-state index in [2.05, 4.69) is 10.3 Å². The van der Waals surface area contributed by atoms with Gasteiger partial charge in [-0.25, -0.2) is 0 Å². The number of likely N-dealkylation sites (tertiary alicyclic amines) is 1. The van der Waals surface area contributed by atoms with Gasteiger partial charge in [0, 0.05) is 50.3 Å². The maximum atomic E-state index is 12.6. The molecule has 5 rings (SSSR count). The van der Waals surface area contributed by atoms with Crippen LogP contribution >= 0.6 is 11.3 Å². The summed E-state index contributed by atoms with van der Waals surface area (Å²) in [6.07, 6.45) is 3.34. The fourth-order valence-corrected chi connectivity index (χ4v) is 4.75. The lowest BCUT2D eigenvalue weighted by Gasteiger charge is -2.30. The summed E-state index contributed by atoms with van der Waals surface area (Å²) in [5.41, 5.74) is 1.89. The Bertz CT molecular complexity index is 1320. The second-order valence-electron chi connectivity index (χ2n) is 7.37. The van der Waals surface area contributed by atoms with E-state index in [9.17, 15) is 9.59 Å². The Balaban J connectivity index is 1.50. The van der Waals surface area contributed by atoms with Gasteiger partial charge in [-0.05, 0) is 24.6 Å². The van der Waals surface area contributed by atoms with Crippen LogP contribution in [0.3, 0.4) is 0 Å². The van der Waals surface area contributed by atoms with E-state index < -0.39 is 0 Å². The van der Waals surface area contributed by atoms with E-state index in [1.165, 1.54) is 11.3 Å². The zero-order valence-corrected chi connectivity index (χ0v) is 18.0. The molecule has 4 heterocycles. The smallest absolute Gasteiger partial charge is 0.264 e. The highest BCUT2D eigenvalue weighted by Gasteiger charge is 2.24. The minimum atomic E-state index is -0.168. The van der Waals surface area contributed by atoms with Crippen molar-refractivity contribution in [1.29, 1.82) is 0 Å². The molecule has 0 saturated carbocycles. The zero-order valence-electron chi connectivity index (χ0n) is 17.2. The predicted molar refractivity (Wildman–Crippen MR) is 119 cm³/mol. The van der Waals surface area contributed by atoms with Crippen molar-refractivity contribution in [3.05, 3.63) is 52.7 Å². The van der Waals surface area contributed by atoms with Gasteiger partial charge in [0.05, 0.1) is 20.7 Å². The van der Waals surface area contributed by atoms with Crippen molar-refractivity contribution >= 4 is 44.3 Å². The van der Waals surface area contributed by atoms with E-state index >= 15 is 0 Å². The first-order valence-corrected chi connectivity index (χ1v) is 11.0. The highest BCUT2D eigenvalue weighted by Crippen LogP contribution is 2.37. The Morgan fingerprint density at radius 3 is 2.81 bits per heavy atom. The lowest BCUT2D eigenvalue weighted by molar-refractivity contribution is 0.0657. The van der Waals surface area contributed by atoms with Gasteiger partial charge in [0.25, 0.3) is 11.8 Å². The summed E-state index contributed by atoms with van der Waals surface area (Å²) in [6.45, 7) is 3.57. The molecule has 0 radical (unpaired) electrons. The molecule has 0 spiro atoms. The second-order valence-corrected chi connectivity index (χ2v) is 8.42. The molecule has 7 nitrogen and oxygen atoms in total. The van der Waals surface area contributed by atoms with Gasteiger partial charge in [-0.3, -0.25) is 14.6 Å². The van der Waals surface area contributed by atoms with Gasteiger partial charge in [-0.2, -0.15) is 0 Å². The summed E-state index contributed by atoms with van der Waals surface area (Å²) < 4.78 is 12.9. The standard InChI is InChI=1S/C23H21N3O4S/c1-3-16-20(22(27)24-2)14-6-5-13(11-18(14)30-16)29-17-7-8-25-15-12-19(31-21(15)17)23(28)26-9-4-10-26/h5-8,11-12H,3-4,9-10H2,1-2H3,(H,24,27). The minimum absolute atomic E-state index is 0.0473. The number of furan rings is 1. The quantitative estimate of drug-likeness (QED) is 0.495. The molecule has 1 saturated heterocycles. The number of thiophene rings is 1. The molecule has 1 N–H and O–H groups in total. The molecule has 3 aromatic heterocycles. The molecule has 0 aliphatic carbocycles. The number of carbonyl (C=O) groups is 2. The molecule has 0 unspecified atom stereocenters. The summed E-state index contributed by atoms with van der Waals surface area (Å²) in [5, 5.41) is 3.42. The fraction of sp³-hybridized carbons (Fsp3) is 0.261. The van der Waals surface area contributed by atoms with Gasteiger partial charge in [0.1, 0.15) is 22.8 Å². The van der Waals surface area contributed by atoms with Gasteiger partial charge in [0.2, 0.25) is 0 Å². The third-order valence-corrected chi connectivity index (χ3v) is 6.59. The van der Waals surface area contributed by atoms with Crippen LogP contribution < -0.4 is 10.1 Å². The van der Waals surface area contributed by atoms with Crippen molar-refractivity contribution in [1.82, 2.24) is 15.2 Å². The molecular weight excluding hydrogens is 414 g/mol. The maximum Gasteiger partial charge on any atom is 0.264 e. The molecule has 31 heavy (non-hydrogen) atoms. The van der Waals surface area contributed by atoms with E-state index in [1.54, 1.807) is 25.4 Å². The third kappa shape index (κ3) is 3.33. The summed E-state index contributed by atoms with van der Waals surface area (Å²) in [6, 6.07) is 9.05. The van der Waals surface area contributed by atoms with Crippen LogP contribution in [0.1, 0.15) is 39.1 Å². The Hall–Kier alpha value is -3.39. The largest absolute Gasteiger partial charge is 0.460 e. The molecule has 1 fully saturated rings. The van der Waals surface area contributed by atoms with Crippen LogP contribution in [-0.4, -0.2) is 41.8 Å². The second kappa shape index (κ2) is 7.70. The molecule has 0 bridgehead atoms. The first-order chi connectivity index (χ1) is 15.1. The number of hydrogen-bond donors (Lipinski definition) is 1. The third-order valence-electron chi connectivity index (χ3n) is 5.47. The van der Waals surface area contributed by atoms with Crippen molar-refractivity contribution in [3.8, 4) is 11.5 Å². The van der Waals surface area contributed by atoms with Crippen LogP contribution in [0, 0.1) is 0 Å². The molecule has 1 aliphatic rings. The lowest BCUT2D eigenvalue weighted by Crippen LogP contribution is -2.41. The van der Waals surface area contributed by atoms with E-state index in [1.807, 2.05) is 30.0 Å². The number of pyridine rings is 1. The zero-order chi connectivity index (χ0) is 21.5. The molecular formula is C23H21N3O4S. The minimum Gasteiger partial charge on any atom is -0.460 e. The van der Waals surface area contributed by atoms with E-state index in [0.717, 1.165) is 35.1 Å². The molecule has 8 heteroatoms. The van der Waals surface area contributed by atoms with E-state index in [4.69, 9.17) is 9.15 Å². The number of nitrogens with one attached hydrogen (secondary N) is 1. The molecule has 0 atom stereocenters. The number of carbonyl (C=O) groups excluding carboxylic acids is 2. The number of amides is 2. The molecule has 1 aliphatic heterocycles. The number of fused-ring (bicyclic) bond motifs is 2. The van der Waals surface area contributed by atoms with Crippen LogP contribution in [0.15, 0.2) is 40.9 Å². The summed E-state index contributed by atoms with van der Waals surface area (Å²) in [7, 11) is 1.61. The van der Waals surface area contributed by atoms with Crippen LogP contribution in [0.4, 0.5) is 0 Å². The number of nitrogens with zero attached hydrogens (tertiary/aromatic N) is 2. The summed E-state index contributed by atoms with van der Waals surface area (Å²) >= 11 is 1.39. The van der Waals surface area contributed by atoms with Gasteiger partial charge in [0.15, 0.2) is 0 Å². The summed E-state index contributed by atoms with van der Waals surface area (Å²) in [5.74, 6) is 1.74. The van der Waals surface area contributed by atoms with Gasteiger partial charge >= 0.3 is 0 Å². The highest BCUT2D eigenvalue weighted by molar-refractivity contribution is 7.21. The Labute approximate surface area is 182 Å². The monoisotopic (exact) mass is 435 g/mol. The summed E-state index contributed by atoms with van der Waals surface area (Å²) in [4.78, 5) is 31.8. The maximum absolute atomic E-state index is 12.6.